The van der Waals surface area contributed by atoms with E-state index in [-0.39, 0.29) is 11.3 Å². The van der Waals surface area contributed by atoms with E-state index in [1.54, 1.807) is 18.2 Å². The van der Waals surface area contributed by atoms with Crippen molar-refractivity contribution in [2.45, 2.75) is 0 Å². The van der Waals surface area contributed by atoms with Gasteiger partial charge in [-0.2, -0.15) is 5.10 Å². The molecule has 0 aliphatic heterocycles. The van der Waals surface area contributed by atoms with Crippen molar-refractivity contribution in [1.29, 1.82) is 0 Å². The highest BCUT2D eigenvalue weighted by Crippen LogP contribution is 2.22. The number of hydrogen-bond donors (Lipinski definition) is 1. The summed E-state index contributed by atoms with van der Waals surface area (Å²) in [6, 6.07) is 10.5. The van der Waals surface area contributed by atoms with Crippen LogP contribution in [0.25, 0.3) is 0 Å². The quantitative estimate of drug-likeness (QED) is 0.524. The molecule has 1 N–H and O–H groups in total. The molecule has 0 bridgehead atoms. The lowest BCUT2D eigenvalue weighted by Gasteiger charge is -2.02. The predicted molar refractivity (Wildman–Crippen MR) is 84.6 cm³/mol. The Kier molecular flexibility index (Phi) is 5.08. The molecule has 0 aliphatic carbocycles. The number of nitrogens with zero attached hydrogens (tertiary/aromatic N) is 2. The van der Waals surface area contributed by atoms with Gasteiger partial charge in [-0.05, 0) is 18.2 Å². The van der Waals surface area contributed by atoms with Crippen molar-refractivity contribution in [2.75, 3.05) is 0 Å². The minimum atomic E-state index is -0.702. The van der Waals surface area contributed by atoms with Crippen molar-refractivity contribution in [2.24, 2.45) is 5.10 Å². The molecule has 22 heavy (non-hydrogen) atoms. The molecule has 0 aromatic heterocycles. The number of benzene rings is 2. The first-order valence-corrected chi connectivity index (χ1v) is 6.77. The summed E-state index contributed by atoms with van der Waals surface area (Å²) in [6.07, 6.45) is 1.28. The van der Waals surface area contributed by atoms with Gasteiger partial charge in [0.2, 0.25) is 0 Å². The molecule has 0 unspecified atom stereocenters. The highest BCUT2D eigenvalue weighted by molar-refractivity contribution is 6.38. The Balaban J connectivity index is 2.17. The monoisotopic (exact) mass is 337 g/mol. The maximum Gasteiger partial charge on any atom is 0.282 e. The Morgan fingerprint density at radius 3 is 2.41 bits per heavy atom. The number of halogens is 2. The number of nitrogens with one attached hydrogen (secondary N) is 1. The van der Waals surface area contributed by atoms with E-state index in [1.165, 1.54) is 30.5 Å². The number of hydrazone groups is 1. The number of rotatable bonds is 4. The predicted octanol–water partition coefficient (Wildman–Crippen LogP) is 3.67. The smallest absolute Gasteiger partial charge is 0.267 e. The molecule has 2 aromatic rings. The standard InChI is InChI=1S/C14H9Cl2N3O3/c15-11-5-3-6-12(16)10(11)8-17-18-14(20)9-4-1-2-7-13(9)19(21)22/h1-8H,(H,18,20)/b17-8-. The van der Waals surface area contributed by atoms with E-state index in [2.05, 4.69) is 10.5 Å². The Morgan fingerprint density at radius 1 is 1.14 bits per heavy atom. The van der Waals surface area contributed by atoms with Crippen LogP contribution in [0, 0.1) is 10.1 Å². The average Bonchev–Trinajstić information content (AvgIpc) is 2.50. The SMILES string of the molecule is O=C(N/N=C\c1c(Cl)cccc1Cl)c1ccccc1[N+](=O)[O-]. The van der Waals surface area contributed by atoms with Crippen molar-refractivity contribution < 1.29 is 9.72 Å². The zero-order valence-corrected chi connectivity index (χ0v) is 12.5. The molecule has 0 fully saturated rings. The van der Waals surface area contributed by atoms with Gasteiger partial charge in [-0.3, -0.25) is 14.9 Å². The van der Waals surface area contributed by atoms with Gasteiger partial charge < -0.3 is 0 Å². The normalized spacial score (nSPS) is 10.6. The third-order valence-corrected chi connectivity index (χ3v) is 3.36. The van der Waals surface area contributed by atoms with Crippen molar-refractivity contribution in [1.82, 2.24) is 5.43 Å². The third-order valence-electron chi connectivity index (χ3n) is 2.70. The number of nitro benzene ring substituents is 1. The summed E-state index contributed by atoms with van der Waals surface area (Å²) >= 11 is 11.9. The number of para-hydroxylation sites is 1. The fourth-order valence-electron chi connectivity index (χ4n) is 1.67. The van der Waals surface area contributed by atoms with Crippen LogP contribution in [0.3, 0.4) is 0 Å². The molecule has 2 rings (SSSR count). The maximum atomic E-state index is 11.9. The van der Waals surface area contributed by atoms with Crippen LogP contribution < -0.4 is 5.43 Å². The van der Waals surface area contributed by atoms with Gasteiger partial charge in [0, 0.05) is 11.6 Å². The summed E-state index contributed by atoms with van der Waals surface area (Å²) in [6.45, 7) is 0. The molecular weight excluding hydrogens is 329 g/mol. The van der Waals surface area contributed by atoms with Crippen molar-refractivity contribution in [3.63, 3.8) is 0 Å². The Labute approximate surface area is 135 Å². The summed E-state index contributed by atoms with van der Waals surface area (Å²) in [4.78, 5) is 22.2. The number of carbonyl (C=O) groups excluding carboxylic acids is 1. The van der Waals surface area contributed by atoms with Crippen LogP contribution in [0.5, 0.6) is 0 Å². The highest BCUT2D eigenvalue weighted by atomic mass is 35.5. The lowest BCUT2D eigenvalue weighted by Crippen LogP contribution is -2.19. The molecule has 1 amide bonds. The second kappa shape index (κ2) is 7.02. The molecule has 2 aromatic carbocycles. The summed E-state index contributed by atoms with van der Waals surface area (Å²) < 4.78 is 0. The zero-order chi connectivity index (χ0) is 16.1. The summed E-state index contributed by atoms with van der Waals surface area (Å²) in [5, 5.41) is 15.3. The number of hydrogen-bond acceptors (Lipinski definition) is 4. The first-order chi connectivity index (χ1) is 10.5. The Bertz CT molecular complexity index is 742. The van der Waals surface area contributed by atoms with Gasteiger partial charge in [0.05, 0.1) is 21.2 Å². The van der Waals surface area contributed by atoms with E-state index in [1.807, 2.05) is 0 Å². The van der Waals surface area contributed by atoms with Crippen LogP contribution in [0.15, 0.2) is 47.6 Å². The molecule has 0 heterocycles. The third kappa shape index (κ3) is 3.60. The molecular formula is C14H9Cl2N3O3. The van der Waals surface area contributed by atoms with E-state index in [0.717, 1.165) is 0 Å². The Hall–Kier alpha value is -2.44. The lowest BCUT2D eigenvalue weighted by atomic mass is 10.2. The number of carbonyl (C=O) groups is 1. The van der Waals surface area contributed by atoms with Gasteiger partial charge in [0.1, 0.15) is 5.56 Å². The van der Waals surface area contributed by atoms with E-state index in [9.17, 15) is 14.9 Å². The van der Waals surface area contributed by atoms with E-state index >= 15 is 0 Å². The van der Waals surface area contributed by atoms with Gasteiger partial charge in [-0.1, -0.05) is 41.4 Å². The second-order valence-corrected chi connectivity index (χ2v) is 4.92. The first-order valence-electron chi connectivity index (χ1n) is 6.01. The van der Waals surface area contributed by atoms with Crippen LogP contribution in [-0.4, -0.2) is 17.0 Å². The lowest BCUT2D eigenvalue weighted by molar-refractivity contribution is -0.385. The molecule has 6 nitrogen and oxygen atoms in total. The van der Waals surface area contributed by atoms with Crippen LogP contribution in [0.2, 0.25) is 10.0 Å². The van der Waals surface area contributed by atoms with Crippen LogP contribution >= 0.6 is 23.2 Å². The van der Waals surface area contributed by atoms with Crippen LogP contribution in [0.4, 0.5) is 5.69 Å². The molecule has 0 spiro atoms. The highest BCUT2D eigenvalue weighted by Gasteiger charge is 2.18. The largest absolute Gasteiger partial charge is 0.282 e. The van der Waals surface area contributed by atoms with Gasteiger partial charge >= 0.3 is 0 Å². The van der Waals surface area contributed by atoms with Crippen LogP contribution in [0.1, 0.15) is 15.9 Å². The first kappa shape index (κ1) is 15.9. The molecule has 0 aliphatic rings. The van der Waals surface area contributed by atoms with E-state index < -0.39 is 10.8 Å². The molecule has 8 heteroatoms. The van der Waals surface area contributed by atoms with Crippen LogP contribution in [-0.2, 0) is 0 Å². The van der Waals surface area contributed by atoms with Crippen molar-refractivity contribution in [3.05, 3.63) is 73.8 Å². The summed E-state index contributed by atoms with van der Waals surface area (Å²) in [5.74, 6) is -0.702. The fraction of sp³-hybridized carbons (Fsp3) is 0. The van der Waals surface area contributed by atoms with Crippen molar-refractivity contribution >= 4 is 41.0 Å². The molecule has 112 valence electrons. The van der Waals surface area contributed by atoms with Gasteiger partial charge in [0.15, 0.2) is 0 Å². The van der Waals surface area contributed by atoms with Crippen molar-refractivity contribution in [3.8, 4) is 0 Å². The molecule has 0 radical (unpaired) electrons. The second-order valence-electron chi connectivity index (χ2n) is 4.11. The van der Waals surface area contributed by atoms with E-state index in [4.69, 9.17) is 23.2 Å². The maximum absolute atomic E-state index is 11.9. The molecule has 0 saturated heterocycles. The Morgan fingerprint density at radius 2 is 1.77 bits per heavy atom. The molecule has 0 saturated carbocycles. The van der Waals surface area contributed by atoms with Gasteiger partial charge in [0.25, 0.3) is 11.6 Å². The fourth-order valence-corrected chi connectivity index (χ4v) is 2.17. The summed E-state index contributed by atoms with van der Waals surface area (Å²) in [7, 11) is 0. The number of amides is 1. The van der Waals surface area contributed by atoms with Gasteiger partial charge in [-0.25, -0.2) is 5.43 Å². The zero-order valence-electron chi connectivity index (χ0n) is 11.0. The molecule has 0 atom stereocenters. The van der Waals surface area contributed by atoms with Gasteiger partial charge in [-0.15, -0.1) is 0 Å². The summed E-state index contributed by atoms with van der Waals surface area (Å²) in [5.41, 5.74) is 2.26. The minimum absolute atomic E-state index is 0.0881. The number of nitro groups is 1. The topological polar surface area (TPSA) is 84.6 Å². The van der Waals surface area contributed by atoms with E-state index in [0.29, 0.717) is 15.6 Å². The average molecular weight is 338 g/mol. The minimum Gasteiger partial charge on any atom is -0.267 e.